The lowest BCUT2D eigenvalue weighted by atomic mass is 10.0. The molecule has 9 heteroatoms. The van der Waals surface area contributed by atoms with Crippen molar-refractivity contribution in [3.05, 3.63) is 40.8 Å². The van der Waals surface area contributed by atoms with Gasteiger partial charge in [0.25, 0.3) is 11.5 Å². The Bertz CT molecular complexity index is 873. The third-order valence-corrected chi connectivity index (χ3v) is 5.08. The lowest BCUT2D eigenvalue weighted by Crippen LogP contribution is -2.48. The van der Waals surface area contributed by atoms with Gasteiger partial charge in [0.2, 0.25) is 5.88 Å². The predicted molar refractivity (Wildman–Crippen MR) is 97.9 cm³/mol. The van der Waals surface area contributed by atoms with E-state index in [4.69, 9.17) is 4.74 Å². The summed E-state index contributed by atoms with van der Waals surface area (Å²) < 4.78 is 5.23. The molecule has 2 aliphatic rings. The number of methoxy groups -OCH3 is 1. The number of aromatic amines is 1. The molecular formula is C18H22N6O3. The lowest BCUT2D eigenvalue weighted by molar-refractivity contribution is 0.0705. The number of ether oxygens (including phenoxy) is 1. The molecule has 1 aliphatic carbocycles. The topological polar surface area (TPSA) is 104 Å². The summed E-state index contributed by atoms with van der Waals surface area (Å²) in [5, 5.41) is 0. The smallest absolute Gasteiger partial charge is 0.272 e. The summed E-state index contributed by atoms with van der Waals surface area (Å²) >= 11 is 0. The van der Waals surface area contributed by atoms with Crippen LogP contribution >= 0.6 is 0 Å². The zero-order chi connectivity index (χ0) is 18.8. The van der Waals surface area contributed by atoms with E-state index in [2.05, 4.69) is 24.8 Å². The Kier molecular flexibility index (Phi) is 4.74. The van der Waals surface area contributed by atoms with Crippen molar-refractivity contribution in [2.75, 3.05) is 25.1 Å². The number of hydrogen-bond donors (Lipinski definition) is 1. The van der Waals surface area contributed by atoms with Crippen LogP contribution in [-0.4, -0.2) is 63.0 Å². The summed E-state index contributed by atoms with van der Waals surface area (Å²) in [6.07, 6.45) is 6.79. The predicted octanol–water partition coefficient (Wildman–Crippen LogP) is 0.842. The number of aromatic nitrogens is 4. The van der Waals surface area contributed by atoms with Crippen molar-refractivity contribution in [2.45, 2.75) is 37.8 Å². The van der Waals surface area contributed by atoms with Gasteiger partial charge in [0, 0.05) is 37.3 Å². The quantitative estimate of drug-likeness (QED) is 0.832. The van der Waals surface area contributed by atoms with Gasteiger partial charge in [0.05, 0.1) is 13.4 Å². The van der Waals surface area contributed by atoms with Crippen LogP contribution in [0.5, 0.6) is 5.88 Å². The first kappa shape index (κ1) is 17.4. The molecule has 0 radical (unpaired) electrons. The van der Waals surface area contributed by atoms with Gasteiger partial charge in [-0.1, -0.05) is 0 Å². The van der Waals surface area contributed by atoms with E-state index in [1.54, 1.807) is 12.0 Å². The number of anilines is 1. The second-order valence-corrected chi connectivity index (χ2v) is 6.88. The van der Waals surface area contributed by atoms with E-state index in [1.165, 1.54) is 18.7 Å². The largest absolute Gasteiger partial charge is 0.481 e. The summed E-state index contributed by atoms with van der Waals surface area (Å²) in [7, 11) is 1.60. The van der Waals surface area contributed by atoms with E-state index in [0.717, 1.165) is 31.5 Å². The summed E-state index contributed by atoms with van der Waals surface area (Å²) in [4.78, 5) is 43.1. The van der Waals surface area contributed by atoms with Crippen molar-refractivity contribution in [1.29, 1.82) is 0 Å². The Hall–Kier alpha value is -2.97. The van der Waals surface area contributed by atoms with E-state index in [-0.39, 0.29) is 17.2 Å². The van der Waals surface area contributed by atoms with Crippen LogP contribution in [0.1, 0.15) is 36.2 Å². The Balaban J connectivity index is 1.45. The van der Waals surface area contributed by atoms with Crippen LogP contribution in [0.15, 0.2) is 29.6 Å². The normalized spacial score (nSPS) is 17.6. The molecule has 0 atom stereocenters. The molecule has 3 heterocycles. The number of piperidine rings is 1. The molecule has 0 aromatic carbocycles. The van der Waals surface area contributed by atoms with Crippen molar-refractivity contribution in [3.8, 4) is 5.88 Å². The van der Waals surface area contributed by atoms with Crippen molar-refractivity contribution in [2.24, 2.45) is 0 Å². The Morgan fingerprint density at radius 1 is 1.15 bits per heavy atom. The van der Waals surface area contributed by atoms with E-state index < -0.39 is 0 Å². The van der Waals surface area contributed by atoms with Gasteiger partial charge >= 0.3 is 0 Å². The molecular weight excluding hydrogens is 348 g/mol. The average Bonchev–Trinajstić information content (AvgIpc) is 3.53. The van der Waals surface area contributed by atoms with Crippen LogP contribution in [0, 0.1) is 0 Å². The van der Waals surface area contributed by atoms with Crippen molar-refractivity contribution in [1.82, 2.24) is 24.8 Å². The molecule has 2 aromatic heterocycles. The van der Waals surface area contributed by atoms with Gasteiger partial charge in [0.1, 0.15) is 17.8 Å². The number of hydrogen-bond acceptors (Lipinski definition) is 7. The monoisotopic (exact) mass is 370 g/mol. The van der Waals surface area contributed by atoms with Crippen LogP contribution in [0.3, 0.4) is 0 Å². The first-order valence-corrected chi connectivity index (χ1v) is 9.14. The number of likely N-dealkylation sites (tertiary alicyclic amines) is 1. The fourth-order valence-electron chi connectivity index (χ4n) is 3.60. The third kappa shape index (κ3) is 3.76. The molecule has 0 spiro atoms. The van der Waals surface area contributed by atoms with Gasteiger partial charge in [-0.3, -0.25) is 9.59 Å². The van der Waals surface area contributed by atoms with Crippen LogP contribution in [0.25, 0.3) is 0 Å². The second-order valence-electron chi connectivity index (χ2n) is 6.88. The third-order valence-electron chi connectivity index (χ3n) is 5.08. The zero-order valence-corrected chi connectivity index (χ0v) is 15.2. The number of H-pyrrole nitrogens is 1. The highest BCUT2D eigenvalue weighted by Crippen LogP contribution is 2.36. The number of rotatable bonds is 5. The fourth-order valence-corrected chi connectivity index (χ4v) is 3.60. The van der Waals surface area contributed by atoms with Crippen molar-refractivity contribution in [3.63, 3.8) is 0 Å². The molecule has 0 bridgehead atoms. The SMILES string of the molecule is COc1cc(N(C2CC2)C2CCN(C(=O)c3cc(=O)[nH]cn3)CC2)ncn1. The lowest BCUT2D eigenvalue weighted by Gasteiger charge is -2.39. The Morgan fingerprint density at radius 3 is 2.56 bits per heavy atom. The van der Waals surface area contributed by atoms with E-state index in [1.807, 2.05) is 6.07 Å². The second kappa shape index (κ2) is 7.34. The summed E-state index contributed by atoms with van der Waals surface area (Å²) in [5.41, 5.74) is -0.127. The standard InChI is InChI=1S/C18H22N6O3/c1-27-17-9-15(20-11-22-17)24(12-2-3-12)13-4-6-23(7-5-13)18(26)14-8-16(25)21-10-19-14/h8-13H,2-7H2,1H3,(H,19,21,25). The number of carbonyl (C=O) groups is 1. The highest BCUT2D eigenvalue weighted by molar-refractivity contribution is 5.92. The molecule has 1 saturated carbocycles. The van der Waals surface area contributed by atoms with Crippen LogP contribution in [0.2, 0.25) is 0 Å². The van der Waals surface area contributed by atoms with Crippen molar-refractivity contribution < 1.29 is 9.53 Å². The van der Waals surface area contributed by atoms with Crippen LogP contribution in [-0.2, 0) is 0 Å². The maximum absolute atomic E-state index is 12.6. The number of amides is 1. The van der Waals surface area contributed by atoms with Gasteiger partial charge in [0.15, 0.2) is 0 Å². The minimum Gasteiger partial charge on any atom is -0.481 e. The minimum absolute atomic E-state index is 0.191. The Morgan fingerprint density at radius 2 is 1.89 bits per heavy atom. The van der Waals surface area contributed by atoms with Gasteiger partial charge in [-0.25, -0.2) is 15.0 Å². The summed E-state index contributed by atoms with van der Waals surface area (Å²) in [6, 6.07) is 3.92. The zero-order valence-electron chi connectivity index (χ0n) is 15.2. The molecule has 1 amide bonds. The molecule has 2 fully saturated rings. The molecule has 2 aromatic rings. The first-order valence-electron chi connectivity index (χ1n) is 9.14. The molecule has 9 nitrogen and oxygen atoms in total. The van der Waals surface area contributed by atoms with Crippen LogP contribution in [0.4, 0.5) is 5.82 Å². The van der Waals surface area contributed by atoms with Gasteiger partial charge in [-0.2, -0.15) is 0 Å². The highest BCUT2D eigenvalue weighted by atomic mass is 16.5. The van der Waals surface area contributed by atoms with E-state index >= 15 is 0 Å². The molecule has 0 unspecified atom stereocenters. The highest BCUT2D eigenvalue weighted by Gasteiger charge is 2.37. The first-order chi connectivity index (χ1) is 13.2. The molecule has 142 valence electrons. The van der Waals surface area contributed by atoms with Crippen LogP contribution < -0.4 is 15.2 Å². The van der Waals surface area contributed by atoms with E-state index in [9.17, 15) is 9.59 Å². The average molecular weight is 370 g/mol. The molecule has 1 saturated heterocycles. The maximum Gasteiger partial charge on any atom is 0.272 e. The van der Waals surface area contributed by atoms with Gasteiger partial charge in [-0.05, 0) is 25.7 Å². The van der Waals surface area contributed by atoms with Gasteiger partial charge < -0.3 is 19.5 Å². The Labute approximate surface area is 156 Å². The minimum atomic E-state index is -0.319. The number of nitrogens with zero attached hydrogens (tertiary/aromatic N) is 5. The number of carbonyl (C=O) groups excluding carboxylic acids is 1. The van der Waals surface area contributed by atoms with Crippen molar-refractivity contribution >= 4 is 11.7 Å². The van der Waals surface area contributed by atoms with Gasteiger partial charge in [-0.15, -0.1) is 0 Å². The maximum atomic E-state index is 12.6. The molecule has 4 rings (SSSR count). The molecule has 1 N–H and O–H groups in total. The molecule has 27 heavy (non-hydrogen) atoms. The fraction of sp³-hybridized carbons (Fsp3) is 0.500. The molecule has 1 aliphatic heterocycles. The summed E-state index contributed by atoms with van der Waals surface area (Å²) in [5.74, 6) is 1.24. The number of nitrogens with one attached hydrogen (secondary N) is 1. The summed E-state index contributed by atoms with van der Waals surface area (Å²) in [6.45, 7) is 1.26. The van der Waals surface area contributed by atoms with E-state index in [0.29, 0.717) is 31.1 Å².